The molecule has 10 heteroatoms. The monoisotopic (exact) mass is 697 g/mol. The molecule has 4 fully saturated rings. The van der Waals surface area contributed by atoms with Gasteiger partial charge in [-0.15, -0.1) is 13.2 Å². The van der Waals surface area contributed by atoms with Crippen LogP contribution in [0.3, 0.4) is 0 Å². The molecule has 7 atom stereocenters. The van der Waals surface area contributed by atoms with Crippen molar-refractivity contribution < 1.29 is 33.8 Å². The van der Waals surface area contributed by atoms with Crippen molar-refractivity contribution in [1.82, 2.24) is 15.1 Å². The van der Waals surface area contributed by atoms with Gasteiger partial charge in [0.1, 0.15) is 17.7 Å². The van der Waals surface area contributed by atoms with E-state index < -0.39 is 47.7 Å². The maximum atomic E-state index is 15.0. The van der Waals surface area contributed by atoms with E-state index in [9.17, 15) is 19.5 Å². The van der Waals surface area contributed by atoms with Gasteiger partial charge in [-0.3, -0.25) is 19.2 Å². The van der Waals surface area contributed by atoms with Gasteiger partial charge in [-0.05, 0) is 49.7 Å². The number of esters is 1. The molecule has 2 N–H and O–H groups in total. The summed E-state index contributed by atoms with van der Waals surface area (Å²) in [5.74, 6) is -3.29. The van der Waals surface area contributed by atoms with E-state index in [0.717, 1.165) is 37.7 Å². The molecule has 2 aromatic carbocycles. The molecule has 51 heavy (non-hydrogen) atoms. The number of aliphatic hydroxyl groups is 1. The number of ether oxygens (including phenoxy) is 2. The topological polar surface area (TPSA) is 125 Å². The molecule has 0 aromatic heterocycles. The van der Waals surface area contributed by atoms with E-state index in [0.29, 0.717) is 37.8 Å². The molecule has 6 rings (SSSR count). The second-order valence-corrected chi connectivity index (χ2v) is 14.4. The first-order chi connectivity index (χ1) is 24.8. The van der Waals surface area contributed by atoms with Crippen LogP contribution in [0.1, 0.15) is 75.0 Å². The summed E-state index contributed by atoms with van der Waals surface area (Å²) in [6, 6.07) is 17.1. The van der Waals surface area contributed by atoms with Gasteiger partial charge in [0.2, 0.25) is 17.7 Å². The SMILES string of the molecule is C=CCCC(=O)NC[C@@H](OC(=O)[C@@H]1[C@H]2C(=O)N([C@@H](CO)Cc3ccccc3)[C@H](C(=O)N(CC=C)C3CCCCC3)[C@]23CC[C@H]1O3)c1ccccc1. The second-order valence-electron chi connectivity index (χ2n) is 14.4. The summed E-state index contributed by atoms with van der Waals surface area (Å²) in [6.07, 6.45) is 8.93. The highest BCUT2D eigenvalue weighted by Crippen LogP contribution is 2.59. The van der Waals surface area contributed by atoms with E-state index in [4.69, 9.17) is 9.47 Å². The summed E-state index contributed by atoms with van der Waals surface area (Å²) in [4.78, 5) is 60.2. The molecule has 10 nitrogen and oxygen atoms in total. The summed E-state index contributed by atoms with van der Waals surface area (Å²) >= 11 is 0. The Morgan fingerprint density at radius 1 is 1.02 bits per heavy atom. The Morgan fingerprint density at radius 3 is 2.39 bits per heavy atom. The number of amides is 3. The van der Waals surface area contributed by atoms with Crippen LogP contribution in [0.25, 0.3) is 0 Å². The third-order valence-electron chi connectivity index (χ3n) is 11.3. The van der Waals surface area contributed by atoms with Crippen LogP contribution >= 0.6 is 0 Å². The van der Waals surface area contributed by atoms with Gasteiger partial charge in [0, 0.05) is 19.0 Å². The van der Waals surface area contributed by atoms with Crippen molar-refractivity contribution in [2.24, 2.45) is 11.8 Å². The number of allylic oxidation sites excluding steroid dienone is 1. The quantitative estimate of drug-likeness (QED) is 0.193. The van der Waals surface area contributed by atoms with Gasteiger partial charge >= 0.3 is 5.97 Å². The molecule has 272 valence electrons. The molecule has 3 heterocycles. The van der Waals surface area contributed by atoms with Gasteiger partial charge in [-0.2, -0.15) is 0 Å². The number of likely N-dealkylation sites (tertiary alicyclic amines) is 1. The minimum atomic E-state index is -1.25. The van der Waals surface area contributed by atoms with Gasteiger partial charge in [-0.1, -0.05) is 92.1 Å². The Hall–Kier alpha value is -4.28. The van der Waals surface area contributed by atoms with Crippen LogP contribution < -0.4 is 5.32 Å². The Bertz CT molecular complexity index is 1560. The van der Waals surface area contributed by atoms with E-state index in [1.165, 1.54) is 0 Å². The Balaban J connectivity index is 1.33. The standard InChI is InChI=1S/C41H51N3O7/c1-3-5-21-34(46)42-26-33(29-17-11-7-12-18-29)50-40(49)35-32-22-23-41(51-32)36(35)38(47)44(31(27-45)25-28-15-9-6-10-16-28)37(41)39(48)43(24-4-2)30-19-13-8-14-20-30/h3-4,6-7,9-12,15-18,30-33,35-37,45H,1-2,5,8,13-14,19-27H2,(H,42,46)/t31-,32-,33-,35+,36+,37-,41+/m1/s1. The highest BCUT2D eigenvalue weighted by atomic mass is 16.6. The molecule has 3 saturated heterocycles. The second kappa shape index (κ2) is 16.4. The van der Waals surface area contributed by atoms with Crippen LogP contribution in [0.4, 0.5) is 0 Å². The zero-order chi connectivity index (χ0) is 36.0. The van der Waals surface area contributed by atoms with Gasteiger partial charge < -0.3 is 29.7 Å². The fourth-order valence-corrected chi connectivity index (χ4v) is 8.92. The summed E-state index contributed by atoms with van der Waals surface area (Å²) in [5, 5.41) is 13.7. The van der Waals surface area contributed by atoms with Crippen molar-refractivity contribution in [3.63, 3.8) is 0 Å². The van der Waals surface area contributed by atoms with Crippen molar-refractivity contribution in [1.29, 1.82) is 0 Å². The van der Waals surface area contributed by atoms with Crippen molar-refractivity contribution >= 4 is 23.7 Å². The van der Waals surface area contributed by atoms with Crippen molar-refractivity contribution in [2.75, 3.05) is 19.7 Å². The van der Waals surface area contributed by atoms with E-state index in [1.807, 2.05) is 65.6 Å². The molecule has 1 spiro atoms. The minimum absolute atomic E-state index is 0.00559. The Morgan fingerprint density at radius 2 is 1.73 bits per heavy atom. The number of aliphatic hydroxyl groups excluding tert-OH is 1. The summed E-state index contributed by atoms with van der Waals surface area (Å²) in [7, 11) is 0. The average Bonchev–Trinajstić information content (AvgIpc) is 3.81. The van der Waals surface area contributed by atoms with Crippen LogP contribution in [0.2, 0.25) is 0 Å². The Kier molecular flexibility index (Phi) is 11.7. The number of carbonyl (C=O) groups excluding carboxylic acids is 4. The molecule has 1 saturated carbocycles. The lowest BCUT2D eigenvalue weighted by atomic mass is 9.70. The fourth-order valence-electron chi connectivity index (χ4n) is 8.92. The van der Waals surface area contributed by atoms with Crippen LogP contribution in [0.15, 0.2) is 86.0 Å². The van der Waals surface area contributed by atoms with Crippen LogP contribution in [0.5, 0.6) is 0 Å². The van der Waals surface area contributed by atoms with Gasteiger partial charge in [0.25, 0.3) is 0 Å². The first kappa shape index (κ1) is 36.5. The molecular formula is C41H51N3O7. The largest absolute Gasteiger partial charge is 0.455 e. The summed E-state index contributed by atoms with van der Waals surface area (Å²) in [5.41, 5.74) is 0.376. The zero-order valence-corrected chi connectivity index (χ0v) is 29.4. The molecule has 1 aliphatic carbocycles. The highest BCUT2D eigenvalue weighted by Gasteiger charge is 2.75. The first-order valence-corrected chi connectivity index (χ1v) is 18.5. The zero-order valence-electron chi connectivity index (χ0n) is 29.4. The van der Waals surface area contributed by atoms with Crippen molar-refractivity contribution in [3.05, 3.63) is 97.1 Å². The molecule has 2 aromatic rings. The van der Waals surface area contributed by atoms with Gasteiger partial charge in [-0.25, -0.2) is 0 Å². The highest BCUT2D eigenvalue weighted by molar-refractivity contribution is 5.98. The number of nitrogens with zero attached hydrogens (tertiary/aromatic N) is 2. The molecule has 3 aliphatic heterocycles. The molecule has 0 radical (unpaired) electrons. The van der Waals surface area contributed by atoms with Crippen LogP contribution in [-0.2, 0) is 35.1 Å². The smallest absolute Gasteiger partial charge is 0.313 e. The van der Waals surface area contributed by atoms with E-state index in [2.05, 4.69) is 18.5 Å². The van der Waals surface area contributed by atoms with Crippen LogP contribution in [0, 0.1) is 11.8 Å². The maximum absolute atomic E-state index is 15.0. The molecule has 0 unspecified atom stereocenters. The number of fused-ring (bicyclic) bond motifs is 1. The van der Waals surface area contributed by atoms with Crippen molar-refractivity contribution in [2.45, 2.75) is 100 Å². The van der Waals surface area contributed by atoms with Gasteiger partial charge in [0.15, 0.2) is 0 Å². The molecular weight excluding hydrogens is 646 g/mol. The fraction of sp³-hybridized carbons (Fsp3) is 0.512. The first-order valence-electron chi connectivity index (χ1n) is 18.5. The lowest BCUT2D eigenvalue weighted by Crippen LogP contribution is -2.60. The lowest BCUT2D eigenvalue weighted by Gasteiger charge is -2.42. The predicted octanol–water partition coefficient (Wildman–Crippen LogP) is 4.68. The maximum Gasteiger partial charge on any atom is 0.313 e. The predicted molar refractivity (Wildman–Crippen MR) is 192 cm³/mol. The lowest BCUT2D eigenvalue weighted by molar-refractivity contribution is -0.161. The summed E-state index contributed by atoms with van der Waals surface area (Å²) in [6.45, 7) is 7.65. The summed E-state index contributed by atoms with van der Waals surface area (Å²) < 4.78 is 12.9. The third-order valence-corrected chi connectivity index (χ3v) is 11.3. The number of hydrogen-bond acceptors (Lipinski definition) is 7. The number of rotatable bonds is 16. The Labute approximate surface area is 300 Å². The average molecular weight is 698 g/mol. The van der Waals surface area contributed by atoms with Crippen molar-refractivity contribution in [3.8, 4) is 0 Å². The van der Waals surface area contributed by atoms with E-state index >= 15 is 4.79 Å². The number of nitrogens with one attached hydrogen (secondary N) is 1. The molecule has 4 aliphatic rings. The molecule has 3 amide bonds. The molecule has 2 bridgehead atoms. The van der Waals surface area contributed by atoms with Crippen LogP contribution in [-0.4, -0.2) is 88.1 Å². The third kappa shape index (κ3) is 7.39. The normalized spacial score (nSPS) is 26.6. The number of carbonyl (C=O) groups is 4. The van der Waals surface area contributed by atoms with E-state index in [-0.39, 0.29) is 43.3 Å². The van der Waals surface area contributed by atoms with E-state index in [1.54, 1.807) is 17.1 Å². The van der Waals surface area contributed by atoms with Gasteiger partial charge in [0.05, 0.1) is 37.1 Å². The number of hydrogen-bond donors (Lipinski definition) is 2. The number of benzene rings is 2. The minimum Gasteiger partial charge on any atom is -0.455 e.